The van der Waals surface area contributed by atoms with Gasteiger partial charge in [-0.25, -0.2) is 4.98 Å². The van der Waals surface area contributed by atoms with Crippen LogP contribution in [0, 0.1) is 24.0 Å². The third-order valence-corrected chi connectivity index (χ3v) is 5.05. The number of pyridine rings is 1. The Bertz CT molecular complexity index is 909. The number of carbonyl (C=O) groups excluding carboxylic acids is 1. The third kappa shape index (κ3) is 4.71. The van der Waals surface area contributed by atoms with E-state index in [-0.39, 0.29) is 11.6 Å². The molecular weight excluding hydrogens is 372 g/mol. The van der Waals surface area contributed by atoms with Crippen LogP contribution in [0.25, 0.3) is 6.08 Å². The Hall–Kier alpha value is -3.42. The minimum Gasteiger partial charge on any atom is -0.497 e. The summed E-state index contributed by atoms with van der Waals surface area (Å²) in [5.41, 5.74) is 3.10. The van der Waals surface area contributed by atoms with Crippen LogP contribution < -0.4 is 9.64 Å². The number of carbonyl (C=O) groups is 1. The first kappa shape index (κ1) is 20.3. The van der Waals surface area contributed by atoms with E-state index < -0.39 is 4.92 Å². The number of amides is 1. The van der Waals surface area contributed by atoms with Crippen molar-refractivity contribution in [2.24, 2.45) is 0 Å². The molecule has 1 saturated heterocycles. The Morgan fingerprint density at radius 1 is 1.17 bits per heavy atom. The van der Waals surface area contributed by atoms with Gasteiger partial charge < -0.3 is 14.5 Å². The van der Waals surface area contributed by atoms with Crippen LogP contribution in [-0.4, -0.2) is 54.0 Å². The predicted octanol–water partition coefficient (Wildman–Crippen LogP) is 2.98. The van der Waals surface area contributed by atoms with Gasteiger partial charge in [-0.2, -0.15) is 0 Å². The fourth-order valence-corrected chi connectivity index (χ4v) is 3.40. The van der Waals surface area contributed by atoms with Crippen molar-refractivity contribution in [3.63, 3.8) is 0 Å². The van der Waals surface area contributed by atoms with Gasteiger partial charge in [0.1, 0.15) is 17.8 Å². The van der Waals surface area contributed by atoms with Crippen LogP contribution >= 0.6 is 0 Å². The Labute approximate surface area is 169 Å². The summed E-state index contributed by atoms with van der Waals surface area (Å²) < 4.78 is 5.27. The van der Waals surface area contributed by atoms with Crippen molar-refractivity contribution < 1.29 is 14.5 Å². The largest absolute Gasteiger partial charge is 0.497 e. The summed E-state index contributed by atoms with van der Waals surface area (Å²) >= 11 is 0. The number of ether oxygens (including phenoxy) is 1. The van der Waals surface area contributed by atoms with Crippen LogP contribution in [0.2, 0.25) is 0 Å². The highest BCUT2D eigenvalue weighted by Crippen LogP contribution is 2.23. The van der Waals surface area contributed by atoms with E-state index in [9.17, 15) is 14.9 Å². The van der Waals surface area contributed by atoms with Crippen LogP contribution in [0.5, 0.6) is 5.75 Å². The molecule has 1 aromatic heterocycles. The van der Waals surface area contributed by atoms with Crippen LogP contribution in [0.4, 0.5) is 11.5 Å². The second-order valence-corrected chi connectivity index (χ2v) is 6.95. The molecule has 1 aromatic carbocycles. The number of piperazine rings is 1. The van der Waals surface area contributed by atoms with Crippen molar-refractivity contribution in [2.75, 3.05) is 38.2 Å². The third-order valence-electron chi connectivity index (χ3n) is 5.05. The summed E-state index contributed by atoms with van der Waals surface area (Å²) in [6.07, 6.45) is 4.73. The zero-order valence-electron chi connectivity index (χ0n) is 16.8. The Morgan fingerprint density at radius 2 is 1.83 bits per heavy atom. The number of methoxy groups -OCH3 is 1. The average molecular weight is 396 g/mol. The molecule has 0 N–H and O–H groups in total. The van der Waals surface area contributed by atoms with Gasteiger partial charge in [0.05, 0.1) is 12.0 Å². The highest BCUT2D eigenvalue weighted by molar-refractivity contribution is 5.92. The molecule has 0 spiro atoms. The van der Waals surface area contributed by atoms with Gasteiger partial charge in [0.25, 0.3) is 5.69 Å². The molecule has 0 aliphatic carbocycles. The minimum atomic E-state index is -0.466. The molecule has 8 nitrogen and oxygen atoms in total. The second-order valence-electron chi connectivity index (χ2n) is 6.95. The lowest BCUT2D eigenvalue weighted by Gasteiger charge is -2.34. The standard InChI is InChI=1S/C21H24N4O4/c1-15-12-18(29-3)13-16(2)19(15)5-7-21(26)24-10-8-23(9-11-24)20-6-4-17(14-22-20)25(27)28/h4-7,12-14H,8-11H2,1-3H3/b7-5+. The highest BCUT2D eigenvalue weighted by Gasteiger charge is 2.21. The highest BCUT2D eigenvalue weighted by atomic mass is 16.6. The van der Waals surface area contributed by atoms with Crippen molar-refractivity contribution in [3.05, 3.63) is 63.3 Å². The van der Waals surface area contributed by atoms with Gasteiger partial charge in [-0.1, -0.05) is 0 Å². The predicted molar refractivity (Wildman–Crippen MR) is 111 cm³/mol. The van der Waals surface area contributed by atoms with Gasteiger partial charge in [0, 0.05) is 38.3 Å². The number of benzene rings is 1. The smallest absolute Gasteiger partial charge is 0.287 e. The Kier molecular flexibility index (Phi) is 6.11. The van der Waals surface area contributed by atoms with E-state index in [1.54, 1.807) is 24.2 Å². The summed E-state index contributed by atoms with van der Waals surface area (Å²) in [5.74, 6) is 1.46. The first-order chi connectivity index (χ1) is 13.9. The molecule has 1 aliphatic heterocycles. The molecule has 8 heteroatoms. The number of aromatic nitrogens is 1. The lowest BCUT2D eigenvalue weighted by Crippen LogP contribution is -2.48. The van der Waals surface area contributed by atoms with Gasteiger partial charge in [-0.05, 0) is 54.8 Å². The van der Waals surface area contributed by atoms with Gasteiger partial charge in [0.2, 0.25) is 5.91 Å². The lowest BCUT2D eigenvalue weighted by molar-refractivity contribution is -0.385. The summed E-state index contributed by atoms with van der Waals surface area (Å²) in [7, 11) is 1.64. The van der Waals surface area contributed by atoms with Gasteiger partial charge >= 0.3 is 0 Å². The van der Waals surface area contributed by atoms with E-state index in [0.29, 0.717) is 32.0 Å². The zero-order chi connectivity index (χ0) is 21.0. The number of nitrogens with zero attached hydrogens (tertiary/aromatic N) is 4. The molecule has 0 unspecified atom stereocenters. The SMILES string of the molecule is COc1cc(C)c(/C=C/C(=O)N2CCN(c3ccc([N+](=O)[O-])cn3)CC2)c(C)c1. The number of nitro groups is 1. The number of hydrogen-bond acceptors (Lipinski definition) is 6. The molecule has 29 heavy (non-hydrogen) atoms. The van der Waals surface area contributed by atoms with Crippen LogP contribution in [0.15, 0.2) is 36.5 Å². The monoisotopic (exact) mass is 396 g/mol. The number of aryl methyl sites for hydroxylation is 2. The van der Waals surface area contributed by atoms with E-state index in [0.717, 1.165) is 22.4 Å². The van der Waals surface area contributed by atoms with Crippen LogP contribution in [0.1, 0.15) is 16.7 Å². The number of anilines is 1. The molecule has 0 saturated carbocycles. The van der Waals surface area contributed by atoms with Crippen molar-refractivity contribution in [1.29, 1.82) is 0 Å². The van der Waals surface area contributed by atoms with E-state index in [1.807, 2.05) is 37.0 Å². The fourth-order valence-electron chi connectivity index (χ4n) is 3.40. The summed E-state index contributed by atoms with van der Waals surface area (Å²) in [4.78, 5) is 30.8. The fraction of sp³-hybridized carbons (Fsp3) is 0.333. The van der Waals surface area contributed by atoms with E-state index >= 15 is 0 Å². The van der Waals surface area contributed by atoms with Crippen LogP contribution in [0.3, 0.4) is 0 Å². The number of hydrogen-bond donors (Lipinski definition) is 0. The average Bonchev–Trinajstić information content (AvgIpc) is 2.73. The number of rotatable bonds is 5. The normalized spacial score (nSPS) is 14.3. The van der Waals surface area contributed by atoms with Crippen molar-refractivity contribution in [3.8, 4) is 5.75 Å². The van der Waals surface area contributed by atoms with Gasteiger partial charge in [0.15, 0.2) is 0 Å². The molecule has 2 heterocycles. The van der Waals surface area contributed by atoms with Crippen LogP contribution in [-0.2, 0) is 4.79 Å². The molecule has 1 fully saturated rings. The molecule has 152 valence electrons. The summed E-state index contributed by atoms with van der Waals surface area (Å²) in [6, 6.07) is 6.99. The molecule has 0 atom stereocenters. The van der Waals surface area contributed by atoms with Crippen molar-refractivity contribution in [2.45, 2.75) is 13.8 Å². The second kappa shape index (κ2) is 8.72. The summed E-state index contributed by atoms with van der Waals surface area (Å²) in [6.45, 7) is 6.39. The zero-order valence-corrected chi connectivity index (χ0v) is 16.8. The minimum absolute atomic E-state index is 0.0307. The van der Waals surface area contributed by atoms with Crippen molar-refractivity contribution >= 4 is 23.5 Å². The maximum absolute atomic E-state index is 12.6. The van der Waals surface area contributed by atoms with Gasteiger partial charge in [-0.15, -0.1) is 0 Å². The van der Waals surface area contributed by atoms with E-state index in [4.69, 9.17) is 4.74 Å². The molecular formula is C21H24N4O4. The lowest BCUT2D eigenvalue weighted by atomic mass is 10.0. The Morgan fingerprint density at radius 3 is 2.34 bits per heavy atom. The Balaban J connectivity index is 1.60. The molecule has 2 aromatic rings. The van der Waals surface area contributed by atoms with Gasteiger partial charge in [-0.3, -0.25) is 14.9 Å². The first-order valence-corrected chi connectivity index (χ1v) is 9.36. The first-order valence-electron chi connectivity index (χ1n) is 9.36. The molecule has 0 radical (unpaired) electrons. The maximum atomic E-state index is 12.6. The molecule has 3 rings (SSSR count). The molecule has 1 aliphatic rings. The quantitative estimate of drug-likeness (QED) is 0.439. The van der Waals surface area contributed by atoms with E-state index in [2.05, 4.69) is 4.98 Å². The maximum Gasteiger partial charge on any atom is 0.287 e. The van der Waals surface area contributed by atoms with E-state index in [1.165, 1.54) is 12.3 Å². The topological polar surface area (TPSA) is 88.8 Å². The molecule has 0 bridgehead atoms. The van der Waals surface area contributed by atoms with Crippen molar-refractivity contribution in [1.82, 2.24) is 9.88 Å². The summed E-state index contributed by atoms with van der Waals surface area (Å²) in [5, 5.41) is 10.7. The molecule has 1 amide bonds.